The molecule has 3 rings (SSSR count). The van der Waals surface area contributed by atoms with Crippen molar-refractivity contribution in [3.05, 3.63) is 44.8 Å². The minimum Gasteiger partial charge on any atom is -0.312 e. The van der Waals surface area contributed by atoms with E-state index in [1.807, 2.05) is 17.5 Å². The number of hydrogen-bond acceptors (Lipinski definition) is 7. The van der Waals surface area contributed by atoms with Crippen LogP contribution < -0.4 is 5.43 Å². The average molecular weight is 385 g/mol. The largest absolute Gasteiger partial charge is 0.312 e. The number of carbonyl (C=O) groups is 1. The van der Waals surface area contributed by atoms with Crippen LogP contribution in [0.4, 0.5) is 0 Å². The lowest BCUT2D eigenvalue weighted by Gasteiger charge is -1.99. The molecule has 1 N–H and O–H groups in total. The van der Waals surface area contributed by atoms with Crippen molar-refractivity contribution in [3.63, 3.8) is 0 Å². The van der Waals surface area contributed by atoms with E-state index < -0.39 is 0 Å². The number of amides is 1. The molecule has 0 saturated heterocycles. The number of nitrogens with one attached hydrogen (secondary N) is 1. The predicted octanol–water partition coefficient (Wildman–Crippen LogP) is 1.44. The molecule has 12 heteroatoms. The molecule has 0 unspecified atom stereocenters. The number of tetrazole rings is 1. The molecule has 0 atom stereocenters. The SMILES string of the molecule is O=C(Cn1nnc(Cn2cnc(Cl)c2Cl)n1)N/N=C/c1cccs1. The molecule has 1 amide bonds. The van der Waals surface area contributed by atoms with Crippen molar-refractivity contribution in [1.82, 2.24) is 35.2 Å². The summed E-state index contributed by atoms with van der Waals surface area (Å²) in [7, 11) is 0. The molecule has 0 aliphatic heterocycles. The van der Waals surface area contributed by atoms with Gasteiger partial charge in [0.2, 0.25) is 0 Å². The second-order valence-electron chi connectivity index (χ2n) is 4.50. The third-order valence-corrected chi connectivity index (χ3v) is 4.32. The Labute approximate surface area is 149 Å². The third-order valence-electron chi connectivity index (χ3n) is 2.75. The fraction of sp³-hybridized carbons (Fsp3) is 0.167. The Balaban J connectivity index is 1.53. The van der Waals surface area contributed by atoms with E-state index in [0.717, 1.165) is 9.67 Å². The van der Waals surface area contributed by atoms with Crippen LogP contribution >= 0.6 is 34.5 Å². The molecule has 0 aromatic carbocycles. The van der Waals surface area contributed by atoms with E-state index in [-0.39, 0.29) is 29.3 Å². The maximum absolute atomic E-state index is 11.8. The highest BCUT2D eigenvalue weighted by Gasteiger charge is 2.11. The van der Waals surface area contributed by atoms with Gasteiger partial charge in [-0.3, -0.25) is 4.79 Å². The highest BCUT2D eigenvalue weighted by molar-refractivity contribution is 7.11. The lowest BCUT2D eigenvalue weighted by molar-refractivity contribution is -0.122. The number of aromatic nitrogens is 6. The van der Waals surface area contributed by atoms with Crippen LogP contribution in [0.2, 0.25) is 10.3 Å². The first-order valence-corrected chi connectivity index (χ1v) is 8.23. The monoisotopic (exact) mass is 384 g/mol. The molecule has 9 nitrogen and oxygen atoms in total. The van der Waals surface area contributed by atoms with Gasteiger partial charge in [-0.05, 0) is 16.7 Å². The first-order chi connectivity index (χ1) is 11.6. The Bertz CT molecular complexity index is 856. The van der Waals surface area contributed by atoms with Gasteiger partial charge < -0.3 is 4.57 Å². The molecule has 3 heterocycles. The molecule has 0 radical (unpaired) electrons. The van der Waals surface area contributed by atoms with Gasteiger partial charge in [0.1, 0.15) is 11.7 Å². The zero-order valence-electron chi connectivity index (χ0n) is 12.0. The first-order valence-electron chi connectivity index (χ1n) is 6.60. The van der Waals surface area contributed by atoms with E-state index in [1.54, 1.807) is 10.8 Å². The third kappa shape index (κ3) is 4.16. The first kappa shape index (κ1) is 16.6. The molecule has 0 aliphatic rings. The van der Waals surface area contributed by atoms with Crippen molar-refractivity contribution in [2.24, 2.45) is 5.10 Å². The molecular formula is C12H10Cl2N8OS. The average Bonchev–Trinajstić information content (AvgIpc) is 3.27. The van der Waals surface area contributed by atoms with Gasteiger partial charge in [0.25, 0.3) is 5.91 Å². The highest BCUT2D eigenvalue weighted by atomic mass is 35.5. The van der Waals surface area contributed by atoms with Crippen LogP contribution in [-0.2, 0) is 17.9 Å². The molecule has 3 aromatic heterocycles. The molecule has 0 saturated carbocycles. The van der Waals surface area contributed by atoms with E-state index in [4.69, 9.17) is 23.2 Å². The second-order valence-corrected chi connectivity index (χ2v) is 6.19. The van der Waals surface area contributed by atoms with Crippen LogP contribution in [0.1, 0.15) is 10.7 Å². The maximum Gasteiger partial charge on any atom is 0.263 e. The molecular weight excluding hydrogens is 375 g/mol. The zero-order valence-corrected chi connectivity index (χ0v) is 14.3. The Kier molecular flexibility index (Phi) is 5.18. The van der Waals surface area contributed by atoms with Crippen LogP contribution in [0, 0.1) is 0 Å². The predicted molar refractivity (Wildman–Crippen MR) is 89.2 cm³/mol. The van der Waals surface area contributed by atoms with Gasteiger partial charge in [0.15, 0.2) is 11.0 Å². The van der Waals surface area contributed by atoms with Gasteiger partial charge in [-0.25, -0.2) is 10.4 Å². The maximum atomic E-state index is 11.8. The summed E-state index contributed by atoms with van der Waals surface area (Å²) >= 11 is 13.2. The van der Waals surface area contributed by atoms with E-state index in [0.29, 0.717) is 5.82 Å². The summed E-state index contributed by atoms with van der Waals surface area (Å²) in [6.45, 7) is 0.143. The van der Waals surface area contributed by atoms with Crippen LogP contribution in [0.25, 0.3) is 0 Å². The van der Waals surface area contributed by atoms with E-state index in [1.165, 1.54) is 17.7 Å². The van der Waals surface area contributed by atoms with Gasteiger partial charge in [-0.15, -0.1) is 21.5 Å². The fourth-order valence-electron chi connectivity index (χ4n) is 1.71. The molecule has 0 fully saturated rings. The molecule has 0 spiro atoms. The number of carbonyl (C=O) groups excluding carboxylic acids is 1. The van der Waals surface area contributed by atoms with Gasteiger partial charge in [0.05, 0.1) is 19.1 Å². The van der Waals surface area contributed by atoms with Crippen molar-refractivity contribution in [2.45, 2.75) is 13.1 Å². The fourth-order valence-corrected chi connectivity index (χ4v) is 2.60. The van der Waals surface area contributed by atoms with E-state index in [2.05, 4.69) is 30.9 Å². The van der Waals surface area contributed by atoms with Gasteiger partial charge >= 0.3 is 0 Å². The van der Waals surface area contributed by atoms with Crippen LogP contribution in [0.3, 0.4) is 0 Å². The summed E-state index contributed by atoms with van der Waals surface area (Å²) in [6.07, 6.45) is 3.03. The second kappa shape index (κ2) is 7.51. The van der Waals surface area contributed by atoms with Crippen molar-refractivity contribution in [2.75, 3.05) is 0 Å². The Hall–Kier alpha value is -2.30. The Morgan fingerprint density at radius 1 is 1.46 bits per heavy atom. The number of halogens is 2. The number of nitrogens with zero attached hydrogens (tertiary/aromatic N) is 7. The normalized spacial score (nSPS) is 11.2. The van der Waals surface area contributed by atoms with Crippen molar-refractivity contribution < 1.29 is 4.79 Å². The Morgan fingerprint density at radius 2 is 2.33 bits per heavy atom. The van der Waals surface area contributed by atoms with E-state index in [9.17, 15) is 4.79 Å². The molecule has 0 aliphatic carbocycles. The van der Waals surface area contributed by atoms with Crippen LogP contribution in [-0.4, -0.2) is 41.9 Å². The smallest absolute Gasteiger partial charge is 0.263 e. The van der Waals surface area contributed by atoms with Crippen LogP contribution in [0.5, 0.6) is 0 Å². The van der Waals surface area contributed by atoms with E-state index >= 15 is 0 Å². The van der Waals surface area contributed by atoms with Gasteiger partial charge in [0, 0.05) is 4.88 Å². The van der Waals surface area contributed by atoms with Crippen LogP contribution in [0.15, 0.2) is 28.9 Å². The summed E-state index contributed by atoms with van der Waals surface area (Å²) in [5.74, 6) is 0.0105. The standard InChI is InChI=1S/C12H10Cl2N8OS/c13-11-12(14)21(7-15-11)5-9-17-20-22(19-9)6-10(23)18-16-4-8-2-1-3-24-8/h1-4,7H,5-6H2,(H,18,23)/b16-4+. The van der Waals surface area contributed by atoms with Crippen molar-refractivity contribution in [3.8, 4) is 0 Å². The van der Waals surface area contributed by atoms with Crippen molar-refractivity contribution >= 4 is 46.7 Å². The molecule has 24 heavy (non-hydrogen) atoms. The number of rotatable bonds is 6. The topological polar surface area (TPSA) is 103 Å². The number of imidazole rings is 1. The number of hydrazone groups is 1. The molecule has 124 valence electrons. The summed E-state index contributed by atoms with van der Waals surface area (Å²) in [6, 6.07) is 3.79. The van der Waals surface area contributed by atoms with Gasteiger partial charge in [-0.1, -0.05) is 29.3 Å². The summed E-state index contributed by atoms with van der Waals surface area (Å²) in [5.41, 5.74) is 2.40. The van der Waals surface area contributed by atoms with Crippen molar-refractivity contribution in [1.29, 1.82) is 0 Å². The summed E-state index contributed by atoms with van der Waals surface area (Å²) in [4.78, 5) is 17.7. The minimum atomic E-state index is -0.365. The lowest BCUT2D eigenvalue weighted by atomic mass is 10.5. The number of thiophene rings is 1. The Morgan fingerprint density at radius 3 is 3.04 bits per heavy atom. The summed E-state index contributed by atoms with van der Waals surface area (Å²) < 4.78 is 1.57. The zero-order chi connectivity index (χ0) is 16.9. The minimum absolute atomic E-state index is 0.104. The highest BCUT2D eigenvalue weighted by Crippen LogP contribution is 2.19. The van der Waals surface area contributed by atoms with Gasteiger partial charge in [-0.2, -0.15) is 9.90 Å². The quantitative estimate of drug-likeness (QED) is 0.511. The summed E-state index contributed by atoms with van der Waals surface area (Å²) in [5, 5.41) is 18.0. The number of hydrogen-bond donors (Lipinski definition) is 1. The molecule has 3 aromatic rings. The molecule has 0 bridgehead atoms. The lowest BCUT2D eigenvalue weighted by Crippen LogP contribution is -2.24.